The molecule has 1 aromatic carbocycles. The van der Waals surface area contributed by atoms with Crippen molar-refractivity contribution in [1.82, 2.24) is 0 Å². The third-order valence-electron chi connectivity index (χ3n) is 1.86. The predicted molar refractivity (Wildman–Crippen MR) is 61.3 cm³/mol. The van der Waals surface area contributed by atoms with Gasteiger partial charge in [0.15, 0.2) is 0 Å². The molecule has 1 aromatic rings. The normalized spacial score (nSPS) is 11.7. The van der Waals surface area contributed by atoms with Crippen molar-refractivity contribution in [3.63, 3.8) is 0 Å². The van der Waals surface area contributed by atoms with Gasteiger partial charge in [-0.15, -0.1) is 0 Å². The van der Waals surface area contributed by atoms with Crippen LogP contribution in [0.3, 0.4) is 0 Å². The molecule has 0 fully saturated rings. The van der Waals surface area contributed by atoms with Gasteiger partial charge in [0.05, 0.1) is 18.5 Å². The molecule has 0 aliphatic rings. The SMILES string of the molecule is CCOP(=O)(OCC)c1ccc(N)cc1F. The van der Waals surface area contributed by atoms with Gasteiger partial charge in [0.2, 0.25) is 0 Å². The largest absolute Gasteiger partial charge is 0.399 e. The second-order valence-corrected chi connectivity index (χ2v) is 5.04. The first-order valence-electron chi connectivity index (χ1n) is 4.98. The van der Waals surface area contributed by atoms with Gasteiger partial charge in [0.25, 0.3) is 0 Å². The van der Waals surface area contributed by atoms with Crippen LogP contribution in [0.5, 0.6) is 0 Å². The highest BCUT2D eigenvalue weighted by molar-refractivity contribution is 7.62. The Balaban J connectivity index is 3.15. The molecule has 0 saturated heterocycles. The van der Waals surface area contributed by atoms with Crippen LogP contribution in [0.15, 0.2) is 18.2 Å². The lowest BCUT2D eigenvalue weighted by Gasteiger charge is -2.17. The van der Waals surface area contributed by atoms with Crippen LogP contribution in [0.2, 0.25) is 0 Å². The predicted octanol–water partition coefficient (Wildman–Crippen LogP) is 2.30. The number of halogens is 1. The molecule has 6 heteroatoms. The second kappa shape index (κ2) is 5.43. The average molecular weight is 247 g/mol. The van der Waals surface area contributed by atoms with E-state index in [2.05, 4.69) is 0 Å². The van der Waals surface area contributed by atoms with Crippen molar-refractivity contribution in [3.05, 3.63) is 24.0 Å². The van der Waals surface area contributed by atoms with Crippen LogP contribution in [-0.2, 0) is 13.6 Å². The zero-order valence-corrected chi connectivity index (χ0v) is 10.2. The molecule has 0 radical (unpaired) electrons. The Morgan fingerprint density at radius 2 is 1.88 bits per heavy atom. The molecule has 16 heavy (non-hydrogen) atoms. The summed E-state index contributed by atoms with van der Waals surface area (Å²) >= 11 is 0. The smallest absolute Gasteiger partial charge is 0.364 e. The highest BCUT2D eigenvalue weighted by atomic mass is 31.2. The molecule has 0 spiro atoms. The molecule has 0 heterocycles. The Kier molecular flexibility index (Phi) is 4.47. The molecule has 2 N–H and O–H groups in total. The number of nitrogens with two attached hydrogens (primary N) is 1. The molecule has 0 atom stereocenters. The summed E-state index contributed by atoms with van der Waals surface area (Å²) in [4.78, 5) is 0. The molecule has 0 unspecified atom stereocenters. The number of benzene rings is 1. The van der Waals surface area contributed by atoms with Crippen LogP contribution in [0.25, 0.3) is 0 Å². The molecule has 0 aliphatic carbocycles. The topological polar surface area (TPSA) is 61.5 Å². The Labute approximate surface area is 94.1 Å². The summed E-state index contributed by atoms with van der Waals surface area (Å²) < 4.78 is 35.9. The van der Waals surface area contributed by atoms with E-state index >= 15 is 0 Å². The number of rotatable bonds is 5. The van der Waals surface area contributed by atoms with Crippen molar-refractivity contribution in [2.75, 3.05) is 18.9 Å². The van der Waals surface area contributed by atoms with E-state index in [-0.39, 0.29) is 24.2 Å². The highest BCUT2D eigenvalue weighted by Gasteiger charge is 2.30. The van der Waals surface area contributed by atoms with Crippen LogP contribution < -0.4 is 11.0 Å². The Morgan fingerprint density at radius 1 is 1.31 bits per heavy atom. The quantitative estimate of drug-likeness (QED) is 0.640. The standard InChI is InChI=1S/C10H15FNO3P/c1-3-14-16(13,15-4-2)10-6-5-8(12)7-9(10)11/h5-7H,3-4,12H2,1-2H3. The minimum Gasteiger partial charge on any atom is -0.399 e. The maximum Gasteiger partial charge on any atom is 0.364 e. The molecule has 1 rings (SSSR count). The zero-order chi connectivity index (χ0) is 12.2. The van der Waals surface area contributed by atoms with Gasteiger partial charge in [-0.2, -0.15) is 0 Å². The van der Waals surface area contributed by atoms with E-state index in [4.69, 9.17) is 14.8 Å². The van der Waals surface area contributed by atoms with Crippen molar-refractivity contribution in [2.24, 2.45) is 0 Å². The van der Waals surface area contributed by atoms with E-state index in [0.717, 1.165) is 6.07 Å². The molecule has 0 aromatic heterocycles. The van der Waals surface area contributed by atoms with Crippen LogP contribution >= 0.6 is 7.60 Å². The van der Waals surface area contributed by atoms with Crippen molar-refractivity contribution >= 4 is 18.6 Å². The molecule has 0 aliphatic heterocycles. The van der Waals surface area contributed by atoms with E-state index in [1.807, 2.05) is 0 Å². The maximum absolute atomic E-state index is 13.6. The van der Waals surface area contributed by atoms with Gasteiger partial charge in [0.1, 0.15) is 5.82 Å². The fourth-order valence-corrected chi connectivity index (χ4v) is 2.88. The van der Waals surface area contributed by atoms with E-state index in [1.165, 1.54) is 12.1 Å². The fraction of sp³-hybridized carbons (Fsp3) is 0.400. The van der Waals surface area contributed by atoms with E-state index in [9.17, 15) is 8.96 Å². The summed E-state index contributed by atoms with van der Waals surface area (Å²) in [5.41, 5.74) is 5.67. The number of nitrogen functional groups attached to an aromatic ring is 1. The van der Waals surface area contributed by atoms with Crippen LogP contribution in [0.4, 0.5) is 10.1 Å². The first kappa shape index (κ1) is 13.2. The first-order valence-corrected chi connectivity index (χ1v) is 6.52. The van der Waals surface area contributed by atoms with Gasteiger partial charge < -0.3 is 14.8 Å². The summed E-state index contributed by atoms with van der Waals surface area (Å²) in [6.45, 7) is 3.70. The average Bonchev–Trinajstić information content (AvgIpc) is 2.17. The van der Waals surface area contributed by atoms with Gasteiger partial charge in [0, 0.05) is 5.69 Å². The summed E-state index contributed by atoms with van der Waals surface area (Å²) in [5, 5.41) is -0.0783. The van der Waals surface area contributed by atoms with E-state index in [0.29, 0.717) is 0 Å². The first-order chi connectivity index (χ1) is 7.53. The molecule has 0 amide bonds. The lowest BCUT2D eigenvalue weighted by atomic mass is 10.3. The van der Waals surface area contributed by atoms with Crippen LogP contribution in [-0.4, -0.2) is 13.2 Å². The second-order valence-electron chi connectivity index (χ2n) is 3.04. The van der Waals surface area contributed by atoms with Crippen LogP contribution in [0, 0.1) is 5.82 Å². The van der Waals surface area contributed by atoms with Gasteiger partial charge in [-0.05, 0) is 32.0 Å². The number of hydrogen-bond donors (Lipinski definition) is 1. The molecular weight excluding hydrogens is 232 g/mol. The fourth-order valence-electron chi connectivity index (χ4n) is 1.26. The third kappa shape index (κ3) is 2.82. The summed E-state index contributed by atoms with van der Waals surface area (Å²) in [7, 11) is -3.56. The van der Waals surface area contributed by atoms with Crippen molar-refractivity contribution in [2.45, 2.75) is 13.8 Å². The monoisotopic (exact) mass is 247 g/mol. The lowest BCUT2D eigenvalue weighted by Crippen LogP contribution is -2.14. The Morgan fingerprint density at radius 3 is 2.31 bits per heavy atom. The van der Waals surface area contributed by atoms with Crippen molar-refractivity contribution < 1.29 is 18.0 Å². The summed E-state index contributed by atoms with van der Waals surface area (Å²) in [6, 6.07) is 3.89. The Hall–Kier alpha value is -0.900. The minimum atomic E-state index is -3.56. The zero-order valence-electron chi connectivity index (χ0n) is 9.27. The van der Waals surface area contributed by atoms with Crippen molar-refractivity contribution in [1.29, 1.82) is 0 Å². The molecule has 0 bridgehead atoms. The number of hydrogen-bond acceptors (Lipinski definition) is 4. The molecule has 90 valence electrons. The van der Waals surface area contributed by atoms with E-state index in [1.54, 1.807) is 13.8 Å². The van der Waals surface area contributed by atoms with Gasteiger partial charge >= 0.3 is 7.60 Å². The molecular formula is C10H15FNO3P. The third-order valence-corrected chi connectivity index (χ3v) is 4.01. The number of anilines is 1. The van der Waals surface area contributed by atoms with Gasteiger partial charge in [-0.25, -0.2) is 4.39 Å². The maximum atomic E-state index is 13.6. The highest BCUT2D eigenvalue weighted by Crippen LogP contribution is 2.47. The minimum absolute atomic E-state index is 0.0783. The Bertz CT molecular complexity index is 401. The molecule has 4 nitrogen and oxygen atoms in total. The van der Waals surface area contributed by atoms with Gasteiger partial charge in [-0.3, -0.25) is 4.57 Å². The van der Waals surface area contributed by atoms with E-state index < -0.39 is 13.4 Å². The molecule has 0 saturated carbocycles. The van der Waals surface area contributed by atoms with Crippen molar-refractivity contribution in [3.8, 4) is 0 Å². The lowest BCUT2D eigenvalue weighted by molar-refractivity contribution is 0.229. The van der Waals surface area contributed by atoms with Crippen LogP contribution in [0.1, 0.15) is 13.8 Å². The summed E-state index contributed by atoms with van der Waals surface area (Å²) in [6.07, 6.45) is 0. The van der Waals surface area contributed by atoms with Gasteiger partial charge in [-0.1, -0.05) is 0 Å². The summed E-state index contributed by atoms with van der Waals surface area (Å²) in [5.74, 6) is -0.676.